The first-order chi connectivity index (χ1) is 24.2. The van der Waals surface area contributed by atoms with Crippen molar-refractivity contribution in [1.82, 2.24) is 29.7 Å². The number of nitrogens with one attached hydrogen (secondary N) is 2. The minimum Gasteiger partial charge on any atom is -0.444 e. The molecule has 4 heterocycles. The van der Waals surface area contributed by atoms with Crippen LogP contribution in [0.2, 0.25) is 0 Å². The molecule has 2 N–H and O–H groups in total. The van der Waals surface area contributed by atoms with Crippen molar-refractivity contribution < 1.29 is 19.1 Å². The van der Waals surface area contributed by atoms with Gasteiger partial charge < -0.3 is 19.4 Å². The Kier molecular flexibility index (Phi) is 8.95. The molecular formula is C40H46N6O4S. The van der Waals surface area contributed by atoms with Gasteiger partial charge in [0.1, 0.15) is 27.7 Å². The fourth-order valence-electron chi connectivity index (χ4n) is 6.86. The molecule has 2 amide bonds. The van der Waals surface area contributed by atoms with E-state index in [2.05, 4.69) is 21.8 Å². The van der Waals surface area contributed by atoms with Gasteiger partial charge in [-0.25, -0.2) is 19.6 Å². The fraction of sp³-hybridized carbons (Fsp3) is 0.450. The van der Waals surface area contributed by atoms with Gasteiger partial charge >= 0.3 is 12.2 Å². The summed E-state index contributed by atoms with van der Waals surface area (Å²) in [6.07, 6.45) is 7.91. The minimum absolute atomic E-state index is 0.192. The summed E-state index contributed by atoms with van der Waals surface area (Å²) < 4.78 is 11.5. The number of amides is 2. The van der Waals surface area contributed by atoms with Crippen LogP contribution >= 0.6 is 11.8 Å². The minimum atomic E-state index is -0.603. The summed E-state index contributed by atoms with van der Waals surface area (Å²) in [6.45, 7) is 12.6. The van der Waals surface area contributed by atoms with E-state index >= 15 is 0 Å². The zero-order chi connectivity index (χ0) is 36.1. The Bertz CT molecular complexity index is 2070. The van der Waals surface area contributed by atoms with Gasteiger partial charge in [0.25, 0.3) is 0 Å². The first-order valence-corrected chi connectivity index (χ1v) is 18.9. The van der Waals surface area contributed by atoms with Crippen LogP contribution in [0.3, 0.4) is 0 Å². The Hall–Kier alpha value is -4.69. The predicted molar refractivity (Wildman–Crippen MR) is 200 cm³/mol. The van der Waals surface area contributed by atoms with Crippen molar-refractivity contribution in [3.8, 4) is 23.1 Å². The molecule has 11 heteroatoms. The van der Waals surface area contributed by atoms with Crippen LogP contribution in [0.1, 0.15) is 102 Å². The molecule has 0 bridgehead atoms. The van der Waals surface area contributed by atoms with Crippen molar-refractivity contribution in [2.24, 2.45) is 0 Å². The van der Waals surface area contributed by atoms with Crippen LogP contribution in [-0.4, -0.2) is 72.5 Å². The van der Waals surface area contributed by atoms with E-state index in [1.165, 1.54) is 11.1 Å². The Balaban J connectivity index is 1.06. The lowest BCUT2D eigenvalue weighted by molar-refractivity contribution is 0.0181. The van der Waals surface area contributed by atoms with Crippen molar-refractivity contribution >= 4 is 35.0 Å². The molecule has 51 heavy (non-hydrogen) atoms. The summed E-state index contributed by atoms with van der Waals surface area (Å²) in [4.78, 5) is 45.9. The van der Waals surface area contributed by atoms with Crippen LogP contribution in [0.25, 0.3) is 22.3 Å². The number of hydrogen-bond donors (Lipinski definition) is 2. The lowest BCUT2D eigenvalue weighted by Gasteiger charge is -2.36. The highest BCUT2D eigenvalue weighted by Gasteiger charge is 2.48. The monoisotopic (exact) mass is 706 g/mol. The van der Waals surface area contributed by atoms with Crippen LogP contribution < -0.4 is 0 Å². The quantitative estimate of drug-likeness (QED) is 0.161. The number of H-pyrrole nitrogens is 2. The molecular weight excluding hydrogens is 661 g/mol. The second kappa shape index (κ2) is 13.1. The zero-order valence-corrected chi connectivity index (χ0v) is 31.3. The summed E-state index contributed by atoms with van der Waals surface area (Å²) in [5.74, 6) is 8.11. The summed E-state index contributed by atoms with van der Waals surface area (Å²) in [7, 11) is 0. The van der Waals surface area contributed by atoms with Gasteiger partial charge in [-0.2, -0.15) is 0 Å². The largest absolute Gasteiger partial charge is 0.444 e. The normalized spacial score (nSPS) is 20.5. The molecule has 2 atom stereocenters. The van der Waals surface area contributed by atoms with Crippen molar-refractivity contribution in [2.45, 2.75) is 95.8 Å². The molecule has 2 unspecified atom stereocenters. The highest BCUT2D eigenvalue weighted by molar-refractivity contribution is 7.99. The van der Waals surface area contributed by atoms with E-state index < -0.39 is 16.1 Å². The summed E-state index contributed by atoms with van der Waals surface area (Å²) in [6, 6.07) is 13.8. The second-order valence-corrected chi connectivity index (χ2v) is 16.7. The van der Waals surface area contributed by atoms with Crippen molar-refractivity contribution in [1.29, 1.82) is 0 Å². The van der Waals surface area contributed by atoms with Gasteiger partial charge in [-0.05, 0) is 121 Å². The van der Waals surface area contributed by atoms with Gasteiger partial charge in [-0.3, -0.25) is 9.80 Å². The molecule has 2 saturated heterocycles. The predicted octanol–water partition coefficient (Wildman–Crippen LogP) is 8.67. The van der Waals surface area contributed by atoms with Crippen molar-refractivity contribution in [3.63, 3.8) is 0 Å². The van der Waals surface area contributed by atoms with Gasteiger partial charge in [0.2, 0.25) is 0 Å². The standard InChI is InChI=1S/C40H46N6O4S/c1-38(2,3)49-36(47)45-24-29(27-16-17-27)22-33(45)34-42-30-18-13-26(21-31(30)43-34)10-9-25-11-14-28(15-12-25)32-23-41-35(44-32)40(51-7)19-8-20-46(40)37(48)50-39(4,5)6/h11-15,18,21,23,33H,8,16-17,19-20,22,24H2,1-7H3,(H,41,44)(H,42,43). The number of thioether (sulfide) groups is 1. The average molecular weight is 707 g/mol. The average Bonchev–Trinajstić information content (AvgIpc) is 3.46. The zero-order valence-electron chi connectivity index (χ0n) is 30.5. The summed E-state index contributed by atoms with van der Waals surface area (Å²) in [5, 5.41) is 0. The molecule has 266 valence electrons. The Morgan fingerprint density at radius 2 is 1.61 bits per heavy atom. The number of allylic oxidation sites excluding steroid dienone is 1. The van der Waals surface area contributed by atoms with E-state index in [-0.39, 0.29) is 18.2 Å². The maximum absolute atomic E-state index is 13.2. The van der Waals surface area contributed by atoms with E-state index in [9.17, 15) is 9.59 Å². The molecule has 2 aromatic heterocycles. The number of imidazole rings is 2. The highest BCUT2D eigenvalue weighted by Crippen LogP contribution is 2.47. The summed E-state index contributed by atoms with van der Waals surface area (Å²) in [5.41, 5.74) is 6.99. The molecule has 10 nitrogen and oxygen atoms in total. The molecule has 0 spiro atoms. The van der Waals surface area contributed by atoms with E-state index in [0.717, 1.165) is 77.2 Å². The molecule has 2 aromatic carbocycles. The number of benzene rings is 2. The number of hydrogen-bond acceptors (Lipinski definition) is 7. The number of nitrogens with zero attached hydrogens (tertiary/aromatic N) is 4. The third kappa shape index (κ3) is 7.38. The van der Waals surface area contributed by atoms with Crippen LogP contribution in [0, 0.1) is 11.8 Å². The third-order valence-corrected chi connectivity index (χ3v) is 10.7. The number of carbonyl (C=O) groups is 2. The van der Waals surface area contributed by atoms with E-state index in [1.54, 1.807) is 11.8 Å². The van der Waals surface area contributed by atoms with E-state index in [4.69, 9.17) is 19.4 Å². The molecule has 1 aliphatic carbocycles. The van der Waals surface area contributed by atoms with Gasteiger partial charge in [0.15, 0.2) is 0 Å². The maximum atomic E-state index is 13.2. The van der Waals surface area contributed by atoms with Crippen LogP contribution in [-0.2, 0) is 14.3 Å². The van der Waals surface area contributed by atoms with Crippen molar-refractivity contribution in [2.75, 3.05) is 19.3 Å². The SMILES string of the molecule is CSC1(c2ncc(-c3ccc(C#Cc4ccc5nc(C6CC(=C7CC7)CN6C(=O)OC(C)(C)C)[nH]c5c4)cc3)[nH]2)CCCN1C(=O)OC(C)(C)C. The maximum Gasteiger partial charge on any atom is 0.411 e. The van der Waals surface area contributed by atoms with Crippen molar-refractivity contribution in [3.05, 3.63) is 82.6 Å². The van der Waals surface area contributed by atoms with Crippen LogP contribution in [0.4, 0.5) is 9.59 Å². The van der Waals surface area contributed by atoms with Gasteiger partial charge in [0, 0.05) is 24.2 Å². The van der Waals surface area contributed by atoms with E-state index in [1.807, 2.05) is 106 Å². The smallest absolute Gasteiger partial charge is 0.411 e. The molecule has 2 aliphatic heterocycles. The molecule has 3 fully saturated rings. The molecule has 3 aliphatic rings. The number of aromatic nitrogens is 4. The Morgan fingerprint density at radius 1 is 0.922 bits per heavy atom. The molecule has 7 rings (SSSR count). The van der Waals surface area contributed by atoms with Gasteiger partial charge in [0.05, 0.1) is 29.0 Å². The molecule has 1 saturated carbocycles. The number of rotatable bonds is 4. The lowest BCUT2D eigenvalue weighted by Crippen LogP contribution is -2.45. The van der Waals surface area contributed by atoms with Gasteiger partial charge in [-0.15, -0.1) is 11.8 Å². The number of likely N-dealkylation sites (tertiary alicyclic amines) is 2. The summed E-state index contributed by atoms with van der Waals surface area (Å²) >= 11 is 1.61. The first kappa shape index (κ1) is 34.7. The Labute approximate surface area is 303 Å². The first-order valence-electron chi connectivity index (χ1n) is 17.6. The fourth-order valence-corrected chi connectivity index (χ4v) is 7.90. The lowest BCUT2D eigenvalue weighted by atomic mass is 10.1. The number of ether oxygens (including phenoxy) is 2. The second-order valence-electron chi connectivity index (χ2n) is 15.6. The van der Waals surface area contributed by atoms with Gasteiger partial charge in [-0.1, -0.05) is 29.5 Å². The molecule has 0 radical (unpaired) electrons. The highest BCUT2D eigenvalue weighted by atomic mass is 32.2. The van der Waals surface area contributed by atoms with Crippen LogP contribution in [0.5, 0.6) is 0 Å². The van der Waals surface area contributed by atoms with Crippen LogP contribution in [0.15, 0.2) is 59.8 Å². The number of carbonyl (C=O) groups excluding carboxylic acids is 2. The van der Waals surface area contributed by atoms with E-state index in [0.29, 0.717) is 13.1 Å². The number of fused-ring (bicyclic) bond motifs is 1. The molecule has 4 aromatic rings. The topological polar surface area (TPSA) is 116 Å². The Morgan fingerprint density at radius 3 is 2.29 bits per heavy atom. The number of aromatic amines is 2. The third-order valence-electron chi connectivity index (χ3n) is 9.40.